The lowest BCUT2D eigenvalue weighted by Crippen LogP contribution is -2.21. The van der Waals surface area contributed by atoms with Crippen LogP contribution in [0, 0.1) is 28.4 Å². The van der Waals surface area contributed by atoms with Gasteiger partial charge in [-0.05, 0) is 48.9 Å². The fourth-order valence-corrected chi connectivity index (χ4v) is 3.19. The first-order valence-electron chi connectivity index (χ1n) is 10.2. The van der Waals surface area contributed by atoms with Crippen LogP contribution in [0.4, 0.5) is 17.1 Å². The number of hydrogen-bond acceptors (Lipinski definition) is 6. The van der Waals surface area contributed by atoms with Crippen molar-refractivity contribution >= 4 is 46.6 Å². The minimum absolute atomic E-state index is 0.154. The number of para-hydroxylation sites is 1. The smallest absolute Gasteiger partial charge is 0.271 e. The van der Waals surface area contributed by atoms with Crippen molar-refractivity contribution in [1.82, 2.24) is 0 Å². The highest BCUT2D eigenvalue weighted by Crippen LogP contribution is 2.26. The molecule has 0 unspecified atom stereocenters. The number of rotatable bonds is 8. The van der Waals surface area contributed by atoms with Crippen molar-refractivity contribution in [3.63, 3.8) is 0 Å². The van der Waals surface area contributed by atoms with Crippen molar-refractivity contribution in [1.29, 1.82) is 5.26 Å². The van der Waals surface area contributed by atoms with E-state index in [9.17, 15) is 25.0 Å². The van der Waals surface area contributed by atoms with Crippen molar-refractivity contribution in [2.45, 2.75) is 6.92 Å². The first-order valence-corrected chi connectivity index (χ1v) is 10.6. The molecule has 2 amide bonds. The van der Waals surface area contributed by atoms with E-state index < -0.39 is 16.7 Å². The number of ether oxygens (including phenoxy) is 1. The monoisotopic (exact) mass is 490 g/mol. The van der Waals surface area contributed by atoms with Gasteiger partial charge in [0.1, 0.15) is 17.4 Å². The molecule has 0 atom stereocenters. The largest absolute Gasteiger partial charge is 0.483 e. The molecule has 0 bridgehead atoms. The molecule has 0 aromatic heterocycles. The molecule has 0 radical (unpaired) electrons. The molecule has 3 rings (SSSR count). The number of halogens is 1. The molecule has 10 heteroatoms. The Morgan fingerprint density at radius 2 is 1.89 bits per heavy atom. The molecule has 0 aliphatic heterocycles. The van der Waals surface area contributed by atoms with Gasteiger partial charge in [0.15, 0.2) is 6.61 Å². The fourth-order valence-electron chi connectivity index (χ4n) is 3.01. The van der Waals surface area contributed by atoms with E-state index in [1.807, 2.05) is 19.1 Å². The third-order valence-corrected chi connectivity index (χ3v) is 4.96. The van der Waals surface area contributed by atoms with Crippen molar-refractivity contribution < 1.29 is 19.2 Å². The molecule has 0 fully saturated rings. The van der Waals surface area contributed by atoms with Crippen molar-refractivity contribution in [2.24, 2.45) is 0 Å². The predicted molar refractivity (Wildman–Crippen MR) is 132 cm³/mol. The van der Waals surface area contributed by atoms with Crippen LogP contribution in [0.5, 0.6) is 5.75 Å². The molecule has 0 aliphatic carbocycles. The van der Waals surface area contributed by atoms with Gasteiger partial charge in [-0.15, -0.1) is 0 Å². The van der Waals surface area contributed by atoms with Crippen LogP contribution in [0.3, 0.4) is 0 Å². The predicted octanol–water partition coefficient (Wildman–Crippen LogP) is 5.12. The normalized spacial score (nSPS) is 10.7. The summed E-state index contributed by atoms with van der Waals surface area (Å²) in [4.78, 5) is 35.3. The summed E-state index contributed by atoms with van der Waals surface area (Å²) in [6.45, 7) is 1.54. The van der Waals surface area contributed by atoms with Gasteiger partial charge in [0.2, 0.25) is 0 Å². The number of nitrogens with one attached hydrogen (secondary N) is 2. The number of carbonyl (C=O) groups is 2. The summed E-state index contributed by atoms with van der Waals surface area (Å²) in [5, 5.41) is 26.0. The second-order valence-electron chi connectivity index (χ2n) is 7.27. The molecule has 0 saturated heterocycles. The van der Waals surface area contributed by atoms with E-state index >= 15 is 0 Å². The molecule has 2 N–H and O–H groups in total. The van der Waals surface area contributed by atoms with Crippen molar-refractivity contribution in [3.05, 3.63) is 98.6 Å². The molecule has 0 spiro atoms. The van der Waals surface area contributed by atoms with Crippen molar-refractivity contribution in [3.8, 4) is 11.8 Å². The summed E-state index contributed by atoms with van der Waals surface area (Å²) in [5.74, 6) is -0.949. The zero-order valence-electron chi connectivity index (χ0n) is 18.4. The first kappa shape index (κ1) is 25.0. The van der Waals surface area contributed by atoms with Crippen LogP contribution in [0.15, 0.2) is 72.3 Å². The van der Waals surface area contributed by atoms with Crippen LogP contribution < -0.4 is 15.4 Å². The van der Waals surface area contributed by atoms with E-state index in [4.69, 9.17) is 16.3 Å². The van der Waals surface area contributed by atoms with Crippen LogP contribution in [0.2, 0.25) is 5.02 Å². The summed E-state index contributed by atoms with van der Waals surface area (Å²) >= 11 is 6.08. The second-order valence-corrected chi connectivity index (χ2v) is 7.70. The molecule has 176 valence electrons. The quantitative estimate of drug-likeness (QED) is 0.195. The molecular formula is C25H19ClN4O5. The van der Waals surface area contributed by atoms with Crippen LogP contribution >= 0.6 is 11.6 Å². The van der Waals surface area contributed by atoms with Gasteiger partial charge in [-0.25, -0.2) is 0 Å². The Kier molecular flexibility index (Phi) is 8.16. The molecule has 9 nitrogen and oxygen atoms in total. The van der Waals surface area contributed by atoms with E-state index in [0.717, 1.165) is 5.56 Å². The number of hydrogen-bond donors (Lipinski definition) is 2. The number of nitriles is 1. The number of non-ortho nitro benzene ring substituents is 1. The van der Waals surface area contributed by atoms with Gasteiger partial charge in [0, 0.05) is 34.1 Å². The second kappa shape index (κ2) is 11.4. The molecule has 0 aliphatic rings. The Morgan fingerprint density at radius 1 is 1.11 bits per heavy atom. The lowest BCUT2D eigenvalue weighted by Gasteiger charge is -2.12. The fraction of sp³-hybridized carbons (Fsp3) is 0.0800. The maximum absolute atomic E-state index is 12.6. The van der Waals surface area contributed by atoms with Crippen LogP contribution in [-0.4, -0.2) is 23.3 Å². The van der Waals surface area contributed by atoms with E-state index in [0.29, 0.717) is 16.3 Å². The number of nitrogens with zero attached hydrogens (tertiary/aromatic N) is 2. The average molecular weight is 491 g/mol. The number of aryl methyl sites for hydroxylation is 1. The minimum Gasteiger partial charge on any atom is -0.483 e. The summed E-state index contributed by atoms with van der Waals surface area (Å²) in [6, 6.07) is 18.9. The maximum atomic E-state index is 12.6. The topological polar surface area (TPSA) is 134 Å². The lowest BCUT2D eigenvalue weighted by atomic mass is 10.1. The summed E-state index contributed by atoms with van der Waals surface area (Å²) in [6.07, 6.45) is 1.26. The third-order valence-electron chi connectivity index (χ3n) is 4.73. The molecular weight excluding hydrogens is 472 g/mol. The SMILES string of the molecule is Cc1ccccc1NC(=O)COc1ccc(Cl)cc1/C=C(/C#N)C(=O)Nc1cccc([N+](=O)[O-])c1. The number of nitro benzene ring substituents is 1. The van der Waals surface area contributed by atoms with Gasteiger partial charge in [-0.3, -0.25) is 19.7 Å². The maximum Gasteiger partial charge on any atom is 0.271 e. The van der Waals surface area contributed by atoms with E-state index in [2.05, 4.69) is 10.6 Å². The van der Waals surface area contributed by atoms with E-state index in [-0.39, 0.29) is 29.3 Å². The molecule has 0 heterocycles. The zero-order valence-corrected chi connectivity index (χ0v) is 19.2. The molecule has 35 heavy (non-hydrogen) atoms. The van der Waals surface area contributed by atoms with Crippen LogP contribution in [-0.2, 0) is 9.59 Å². The van der Waals surface area contributed by atoms with E-state index in [1.165, 1.54) is 42.5 Å². The van der Waals surface area contributed by atoms with Gasteiger partial charge >= 0.3 is 0 Å². The summed E-state index contributed by atoms with van der Waals surface area (Å²) in [5.41, 5.74) is 1.49. The zero-order chi connectivity index (χ0) is 25.4. The average Bonchev–Trinajstić information content (AvgIpc) is 2.83. The number of carbonyl (C=O) groups excluding carboxylic acids is 2. The summed E-state index contributed by atoms with van der Waals surface area (Å²) in [7, 11) is 0. The number of amides is 2. The molecule has 0 saturated carbocycles. The first-order chi connectivity index (χ1) is 16.8. The summed E-state index contributed by atoms with van der Waals surface area (Å²) < 4.78 is 5.62. The van der Waals surface area contributed by atoms with Gasteiger partial charge in [0.25, 0.3) is 17.5 Å². The van der Waals surface area contributed by atoms with Gasteiger partial charge in [-0.1, -0.05) is 35.9 Å². The van der Waals surface area contributed by atoms with Crippen molar-refractivity contribution in [2.75, 3.05) is 17.2 Å². The van der Waals surface area contributed by atoms with Gasteiger partial charge in [-0.2, -0.15) is 5.26 Å². The molecule has 3 aromatic rings. The highest BCUT2D eigenvalue weighted by molar-refractivity contribution is 6.30. The number of anilines is 2. The number of nitro groups is 1. The number of benzene rings is 3. The Balaban J connectivity index is 1.76. The molecule has 3 aromatic carbocycles. The van der Waals surface area contributed by atoms with Crippen LogP contribution in [0.1, 0.15) is 11.1 Å². The lowest BCUT2D eigenvalue weighted by molar-refractivity contribution is -0.384. The van der Waals surface area contributed by atoms with E-state index in [1.54, 1.807) is 24.3 Å². The van der Waals surface area contributed by atoms with Gasteiger partial charge in [0.05, 0.1) is 4.92 Å². The van der Waals surface area contributed by atoms with Gasteiger partial charge < -0.3 is 15.4 Å². The highest BCUT2D eigenvalue weighted by Gasteiger charge is 2.14. The Bertz CT molecular complexity index is 1360. The Morgan fingerprint density at radius 3 is 2.60 bits per heavy atom. The Labute approximate surface area is 205 Å². The Hall–Kier alpha value is -4.68. The standard InChI is InChI=1S/C25H19ClN4O5/c1-16-5-2-3-8-22(16)29-24(31)15-35-23-10-9-19(26)12-17(23)11-18(14-27)25(32)28-20-6-4-7-21(13-20)30(33)34/h2-13H,15H2,1H3,(H,28,32)(H,29,31)/b18-11-. The highest BCUT2D eigenvalue weighted by atomic mass is 35.5. The third kappa shape index (κ3) is 6.90. The minimum atomic E-state index is -0.781. The van der Waals surface area contributed by atoms with Crippen LogP contribution in [0.25, 0.3) is 6.08 Å².